The van der Waals surface area contributed by atoms with Gasteiger partial charge in [0.05, 0.1) is 22.2 Å². The molecule has 2 aromatic heterocycles. The van der Waals surface area contributed by atoms with Gasteiger partial charge in [0.1, 0.15) is 5.75 Å². The van der Waals surface area contributed by atoms with Crippen LogP contribution in [0.1, 0.15) is 45.3 Å². The highest BCUT2D eigenvalue weighted by Gasteiger charge is 2.40. The average Bonchev–Trinajstić information content (AvgIpc) is 3.20. The summed E-state index contributed by atoms with van der Waals surface area (Å²) in [6.07, 6.45) is 2.48. The van der Waals surface area contributed by atoms with Gasteiger partial charge in [0.25, 0.3) is 11.8 Å². The molecule has 4 rings (SSSR count). The lowest BCUT2D eigenvalue weighted by atomic mass is 10.1. The first kappa shape index (κ1) is 20.2. The van der Waals surface area contributed by atoms with Crippen LogP contribution in [0.25, 0.3) is 5.82 Å². The molecule has 0 saturated carbocycles. The largest absolute Gasteiger partial charge is 0.269 e. The van der Waals surface area contributed by atoms with E-state index in [1.165, 1.54) is 10.9 Å². The minimum atomic E-state index is -3.41. The summed E-state index contributed by atoms with van der Waals surface area (Å²) in [5.41, 5.74) is 0.614. The fourth-order valence-electron chi connectivity index (χ4n) is 3.27. The number of aromatic nitrogens is 4. The SMILES string of the molecule is CC(c1nc(CS(C)(=O)=O)nn1-c1ccc(Cl)cn1)N1C(=O)c2ccccc2C1=O. The Labute approximate surface area is 177 Å². The Kier molecular flexibility index (Phi) is 4.91. The van der Waals surface area contributed by atoms with Crippen molar-refractivity contribution in [3.8, 4) is 5.82 Å². The van der Waals surface area contributed by atoms with Gasteiger partial charge in [-0.2, -0.15) is 4.68 Å². The molecule has 9 nitrogen and oxygen atoms in total. The van der Waals surface area contributed by atoms with Crippen LogP contribution in [0.15, 0.2) is 42.6 Å². The first-order valence-electron chi connectivity index (χ1n) is 8.88. The highest BCUT2D eigenvalue weighted by molar-refractivity contribution is 7.89. The van der Waals surface area contributed by atoms with Gasteiger partial charge in [-0.25, -0.2) is 18.4 Å². The third-order valence-corrected chi connectivity index (χ3v) is 5.59. The van der Waals surface area contributed by atoms with Crippen LogP contribution in [0.2, 0.25) is 5.02 Å². The third-order valence-electron chi connectivity index (χ3n) is 4.58. The molecule has 154 valence electrons. The molecule has 0 saturated heterocycles. The normalized spacial score (nSPS) is 14.8. The predicted molar refractivity (Wildman–Crippen MR) is 108 cm³/mol. The van der Waals surface area contributed by atoms with E-state index in [1.54, 1.807) is 43.3 Å². The Bertz CT molecular complexity index is 1240. The number of carbonyl (C=O) groups is 2. The summed E-state index contributed by atoms with van der Waals surface area (Å²) in [4.78, 5) is 35.3. The summed E-state index contributed by atoms with van der Waals surface area (Å²) >= 11 is 5.90. The van der Waals surface area contributed by atoms with Crippen LogP contribution in [-0.4, -0.2) is 51.1 Å². The lowest BCUT2D eigenvalue weighted by Gasteiger charge is -2.22. The van der Waals surface area contributed by atoms with Crippen LogP contribution in [0, 0.1) is 0 Å². The van der Waals surface area contributed by atoms with E-state index in [4.69, 9.17) is 11.6 Å². The van der Waals surface area contributed by atoms with Crippen LogP contribution >= 0.6 is 11.6 Å². The second kappa shape index (κ2) is 7.29. The molecule has 1 unspecified atom stereocenters. The van der Waals surface area contributed by atoms with Gasteiger partial charge in [0, 0.05) is 12.5 Å². The minimum Gasteiger partial charge on any atom is -0.269 e. The summed E-state index contributed by atoms with van der Waals surface area (Å²) in [6.45, 7) is 1.63. The van der Waals surface area contributed by atoms with Crippen molar-refractivity contribution in [1.29, 1.82) is 0 Å². The zero-order valence-corrected chi connectivity index (χ0v) is 17.6. The van der Waals surface area contributed by atoms with Crippen LogP contribution < -0.4 is 0 Å². The van der Waals surface area contributed by atoms with Crippen molar-refractivity contribution in [3.05, 3.63) is 70.4 Å². The lowest BCUT2D eigenvalue weighted by molar-refractivity contribution is 0.0587. The molecule has 1 atom stereocenters. The maximum Gasteiger partial charge on any atom is 0.262 e. The number of hydrogen-bond acceptors (Lipinski definition) is 7. The standard InChI is InChI=1S/C19H16ClN5O4S/c1-11(24-18(26)13-5-3-4-6-14(13)19(24)27)17-22-15(10-30(2,28)29)23-25(17)16-8-7-12(20)9-21-16/h3-9,11H,10H2,1-2H3. The smallest absolute Gasteiger partial charge is 0.262 e. The van der Waals surface area contributed by atoms with Gasteiger partial charge < -0.3 is 0 Å². The molecule has 11 heteroatoms. The fraction of sp³-hybridized carbons (Fsp3) is 0.211. The number of pyridine rings is 1. The number of amides is 2. The molecule has 30 heavy (non-hydrogen) atoms. The molecule has 1 aromatic carbocycles. The molecule has 0 aliphatic carbocycles. The van der Waals surface area contributed by atoms with Crippen LogP contribution in [-0.2, 0) is 15.6 Å². The maximum atomic E-state index is 12.9. The third kappa shape index (κ3) is 3.59. The number of sulfone groups is 1. The summed E-state index contributed by atoms with van der Waals surface area (Å²) in [6, 6.07) is 8.89. The maximum absolute atomic E-state index is 12.9. The number of rotatable bonds is 5. The molecule has 3 heterocycles. The van der Waals surface area contributed by atoms with E-state index in [9.17, 15) is 18.0 Å². The number of fused-ring (bicyclic) bond motifs is 1. The molecular formula is C19H16ClN5O4S. The van der Waals surface area contributed by atoms with Crippen molar-refractivity contribution in [2.45, 2.75) is 18.7 Å². The van der Waals surface area contributed by atoms with Crippen molar-refractivity contribution in [1.82, 2.24) is 24.6 Å². The second-order valence-electron chi connectivity index (χ2n) is 6.90. The first-order valence-corrected chi connectivity index (χ1v) is 11.3. The van der Waals surface area contributed by atoms with Crippen LogP contribution in [0.4, 0.5) is 0 Å². The van der Waals surface area contributed by atoms with Gasteiger partial charge in [0.15, 0.2) is 27.3 Å². The van der Waals surface area contributed by atoms with Gasteiger partial charge in [-0.15, -0.1) is 5.10 Å². The summed E-state index contributed by atoms with van der Waals surface area (Å²) in [5, 5.41) is 4.67. The Morgan fingerprint density at radius 1 is 1.07 bits per heavy atom. The molecule has 0 bridgehead atoms. The number of hydrogen-bond donors (Lipinski definition) is 0. The molecule has 0 spiro atoms. The zero-order chi connectivity index (χ0) is 21.6. The highest BCUT2D eigenvalue weighted by Crippen LogP contribution is 2.31. The summed E-state index contributed by atoms with van der Waals surface area (Å²) in [7, 11) is -3.41. The molecule has 2 amide bonds. The lowest BCUT2D eigenvalue weighted by Crippen LogP contribution is -2.34. The van der Waals surface area contributed by atoms with E-state index >= 15 is 0 Å². The van der Waals surface area contributed by atoms with Gasteiger partial charge in [-0.3, -0.25) is 14.5 Å². The molecule has 3 aromatic rings. The van der Waals surface area contributed by atoms with Crippen molar-refractivity contribution in [2.75, 3.05) is 6.26 Å². The van der Waals surface area contributed by atoms with Crippen molar-refractivity contribution in [3.63, 3.8) is 0 Å². The number of halogens is 1. The van der Waals surface area contributed by atoms with Gasteiger partial charge in [-0.05, 0) is 31.2 Å². The van der Waals surface area contributed by atoms with Gasteiger partial charge in [0.2, 0.25) is 0 Å². The van der Waals surface area contributed by atoms with E-state index < -0.39 is 33.4 Å². The molecule has 1 aliphatic rings. The van der Waals surface area contributed by atoms with Crippen LogP contribution in [0.5, 0.6) is 0 Å². The van der Waals surface area contributed by atoms with E-state index in [2.05, 4.69) is 15.1 Å². The number of nitrogens with zero attached hydrogens (tertiary/aromatic N) is 5. The highest BCUT2D eigenvalue weighted by atomic mass is 35.5. The average molecular weight is 446 g/mol. The van der Waals surface area contributed by atoms with E-state index in [1.807, 2.05) is 0 Å². The van der Waals surface area contributed by atoms with Crippen LogP contribution in [0.3, 0.4) is 0 Å². The monoisotopic (exact) mass is 445 g/mol. The van der Waals surface area contributed by atoms with E-state index in [-0.39, 0.29) is 11.6 Å². The minimum absolute atomic E-state index is 0.0349. The zero-order valence-electron chi connectivity index (χ0n) is 16.0. The van der Waals surface area contributed by atoms with Crippen molar-refractivity contribution < 1.29 is 18.0 Å². The number of imide groups is 1. The van der Waals surface area contributed by atoms with Gasteiger partial charge >= 0.3 is 0 Å². The number of carbonyl (C=O) groups excluding carboxylic acids is 2. The van der Waals surface area contributed by atoms with Crippen molar-refractivity contribution >= 4 is 33.3 Å². The molecule has 0 fully saturated rings. The fourth-order valence-corrected chi connectivity index (χ4v) is 3.97. The summed E-state index contributed by atoms with van der Waals surface area (Å²) < 4.78 is 24.8. The topological polar surface area (TPSA) is 115 Å². The Hall–Kier alpha value is -3.11. The summed E-state index contributed by atoms with van der Waals surface area (Å²) in [5.74, 6) is -0.733. The van der Waals surface area contributed by atoms with E-state index in [0.29, 0.717) is 22.0 Å². The quantitative estimate of drug-likeness (QED) is 0.553. The molecule has 0 N–H and O–H groups in total. The first-order chi connectivity index (χ1) is 14.2. The Morgan fingerprint density at radius 3 is 2.23 bits per heavy atom. The molecule has 1 aliphatic heterocycles. The van der Waals surface area contributed by atoms with E-state index in [0.717, 1.165) is 11.2 Å². The second-order valence-corrected chi connectivity index (χ2v) is 9.48. The number of benzene rings is 1. The van der Waals surface area contributed by atoms with Gasteiger partial charge in [-0.1, -0.05) is 23.7 Å². The predicted octanol–water partition coefficient (Wildman–Crippen LogP) is 2.22. The Morgan fingerprint density at radius 2 is 1.70 bits per heavy atom. The molecule has 0 radical (unpaired) electrons. The van der Waals surface area contributed by atoms with Crippen molar-refractivity contribution in [2.24, 2.45) is 0 Å². The molecular weight excluding hydrogens is 430 g/mol. The Balaban J connectivity index is 1.80.